The van der Waals surface area contributed by atoms with E-state index in [4.69, 9.17) is 16.7 Å². The quantitative estimate of drug-likeness (QED) is 0.873. The highest BCUT2D eigenvalue weighted by molar-refractivity contribution is 6.31. The molecule has 1 rings (SSSR count). The first kappa shape index (κ1) is 15.5. The highest BCUT2D eigenvalue weighted by Gasteiger charge is 2.21. The topological polar surface area (TPSA) is 66.4 Å². The first-order valence-electron chi connectivity index (χ1n) is 6.10. The Hall–Kier alpha value is -1.55. The van der Waals surface area contributed by atoms with Crippen molar-refractivity contribution in [3.63, 3.8) is 0 Å². The molecule has 0 fully saturated rings. The number of rotatable bonds is 5. The summed E-state index contributed by atoms with van der Waals surface area (Å²) in [5.74, 6) is -1.26. The van der Waals surface area contributed by atoms with Crippen molar-refractivity contribution < 1.29 is 14.7 Å². The van der Waals surface area contributed by atoms with E-state index in [1.165, 1.54) is 6.07 Å². The van der Waals surface area contributed by atoms with Gasteiger partial charge in [0.1, 0.15) is 6.04 Å². The van der Waals surface area contributed by atoms with Crippen LogP contribution in [0.3, 0.4) is 0 Å². The van der Waals surface area contributed by atoms with E-state index in [1.807, 2.05) is 20.8 Å². The number of amides is 1. The molecule has 19 heavy (non-hydrogen) atoms. The van der Waals surface area contributed by atoms with E-state index >= 15 is 0 Å². The van der Waals surface area contributed by atoms with Gasteiger partial charge in [-0.15, -0.1) is 0 Å². The molecule has 0 aliphatic rings. The largest absolute Gasteiger partial charge is 0.480 e. The van der Waals surface area contributed by atoms with Gasteiger partial charge in [0, 0.05) is 10.6 Å². The average Bonchev–Trinajstić information content (AvgIpc) is 2.25. The van der Waals surface area contributed by atoms with Gasteiger partial charge in [0.25, 0.3) is 5.91 Å². The van der Waals surface area contributed by atoms with Crippen LogP contribution in [0.25, 0.3) is 0 Å². The van der Waals surface area contributed by atoms with Crippen LogP contribution >= 0.6 is 11.6 Å². The first-order valence-corrected chi connectivity index (χ1v) is 6.48. The molecular weight excluding hydrogens is 266 g/mol. The van der Waals surface area contributed by atoms with Crippen molar-refractivity contribution in [3.05, 3.63) is 34.3 Å². The predicted molar refractivity (Wildman–Crippen MR) is 74.5 cm³/mol. The average molecular weight is 284 g/mol. The summed E-state index contributed by atoms with van der Waals surface area (Å²) in [5.41, 5.74) is 1.23. The van der Waals surface area contributed by atoms with Crippen molar-refractivity contribution in [1.29, 1.82) is 0 Å². The zero-order valence-electron chi connectivity index (χ0n) is 11.2. The highest BCUT2D eigenvalue weighted by atomic mass is 35.5. The zero-order valence-corrected chi connectivity index (χ0v) is 12.0. The fraction of sp³-hybridized carbons (Fsp3) is 0.429. The van der Waals surface area contributed by atoms with Crippen molar-refractivity contribution >= 4 is 23.5 Å². The Kier molecular flexibility index (Phi) is 5.36. The Morgan fingerprint density at radius 3 is 2.42 bits per heavy atom. The van der Waals surface area contributed by atoms with Gasteiger partial charge >= 0.3 is 5.97 Å². The number of carbonyl (C=O) groups is 2. The highest BCUT2D eigenvalue weighted by Crippen LogP contribution is 2.15. The zero-order chi connectivity index (χ0) is 14.6. The third-order valence-electron chi connectivity index (χ3n) is 2.61. The first-order chi connectivity index (χ1) is 8.79. The monoisotopic (exact) mass is 283 g/mol. The Bertz CT molecular complexity index is 465. The van der Waals surface area contributed by atoms with Crippen LogP contribution in [-0.4, -0.2) is 23.0 Å². The third kappa shape index (κ3) is 4.91. The van der Waals surface area contributed by atoms with Gasteiger partial charge in [-0.05, 0) is 43.0 Å². The minimum Gasteiger partial charge on any atom is -0.480 e. The van der Waals surface area contributed by atoms with Gasteiger partial charge in [0.2, 0.25) is 0 Å². The Balaban J connectivity index is 2.84. The summed E-state index contributed by atoms with van der Waals surface area (Å²) in [6.07, 6.45) is 0.390. The molecule has 0 spiro atoms. The van der Waals surface area contributed by atoms with Crippen molar-refractivity contribution in [2.24, 2.45) is 5.92 Å². The van der Waals surface area contributed by atoms with E-state index in [-0.39, 0.29) is 5.92 Å². The molecule has 0 radical (unpaired) electrons. The molecule has 0 aliphatic carbocycles. The number of aryl methyl sites for hydroxylation is 1. The van der Waals surface area contributed by atoms with Gasteiger partial charge < -0.3 is 10.4 Å². The van der Waals surface area contributed by atoms with Crippen LogP contribution in [0.15, 0.2) is 18.2 Å². The molecule has 2 N–H and O–H groups in total. The molecule has 104 valence electrons. The summed E-state index contributed by atoms with van der Waals surface area (Å²) < 4.78 is 0. The van der Waals surface area contributed by atoms with Gasteiger partial charge in [-0.3, -0.25) is 4.79 Å². The standard InChI is InChI=1S/C14H18ClNO3/c1-8(2)4-12(14(18)19)16-13(17)10-5-9(3)6-11(15)7-10/h5-8,12H,4H2,1-3H3,(H,16,17)(H,18,19). The van der Waals surface area contributed by atoms with E-state index in [0.29, 0.717) is 17.0 Å². The molecule has 0 heterocycles. The van der Waals surface area contributed by atoms with Crippen molar-refractivity contribution in [2.75, 3.05) is 0 Å². The minimum absolute atomic E-state index is 0.183. The summed E-state index contributed by atoms with van der Waals surface area (Å²) in [6, 6.07) is 4.06. The van der Waals surface area contributed by atoms with Gasteiger partial charge in [-0.1, -0.05) is 25.4 Å². The lowest BCUT2D eigenvalue weighted by Crippen LogP contribution is -2.41. The maximum absolute atomic E-state index is 12.0. The molecule has 1 aromatic rings. The fourth-order valence-electron chi connectivity index (χ4n) is 1.80. The summed E-state index contributed by atoms with van der Waals surface area (Å²) in [7, 11) is 0. The maximum Gasteiger partial charge on any atom is 0.326 e. The Morgan fingerprint density at radius 2 is 1.95 bits per heavy atom. The molecule has 1 aromatic carbocycles. The summed E-state index contributed by atoms with van der Waals surface area (Å²) in [6.45, 7) is 5.64. The number of aliphatic carboxylic acids is 1. The predicted octanol–water partition coefficient (Wildman–Crippen LogP) is 2.88. The Morgan fingerprint density at radius 1 is 1.32 bits per heavy atom. The number of carboxylic acids is 1. The van der Waals surface area contributed by atoms with E-state index < -0.39 is 17.9 Å². The molecule has 1 amide bonds. The van der Waals surface area contributed by atoms with Crippen LogP contribution in [0.5, 0.6) is 0 Å². The maximum atomic E-state index is 12.0. The number of nitrogens with one attached hydrogen (secondary N) is 1. The van der Waals surface area contributed by atoms with Gasteiger partial charge in [0.05, 0.1) is 0 Å². The molecule has 5 heteroatoms. The lowest BCUT2D eigenvalue weighted by molar-refractivity contribution is -0.139. The number of halogens is 1. The second-order valence-electron chi connectivity index (χ2n) is 5.01. The van der Waals surface area contributed by atoms with Gasteiger partial charge in [-0.2, -0.15) is 0 Å². The van der Waals surface area contributed by atoms with E-state index in [2.05, 4.69) is 5.32 Å². The van der Waals surface area contributed by atoms with E-state index in [0.717, 1.165) is 5.56 Å². The van der Waals surface area contributed by atoms with Crippen LogP contribution in [0.2, 0.25) is 5.02 Å². The molecule has 0 saturated heterocycles. The molecule has 1 unspecified atom stereocenters. The number of hydrogen-bond donors (Lipinski definition) is 2. The lowest BCUT2D eigenvalue weighted by atomic mass is 10.0. The molecule has 0 aliphatic heterocycles. The number of carboxylic acid groups (broad SMARTS) is 1. The van der Waals surface area contributed by atoms with Gasteiger partial charge in [-0.25, -0.2) is 4.79 Å². The normalized spacial score (nSPS) is 12.3. The van der Waals surface area contributed by atoms with E-state index in [9.17, 15) is 9.59 Å². The number of hydrogen-bond acceptors (Lipinski definition) is 2. The third-order valence-corrected chi connectivity index (χ3v) is 2.83. The molecule has 4 nitrogen and oxygen atoms in total. The smallest absolute Gasteiger partial charge is 0.326 e. The number of carbonyl (C=O) groups excluding carboxylic acids is 1. The van der Waals surface area contributed by atoms with Crippen LogP contribution < -0.4 is 5.32 Å². The van der Waals surface area contributed by atoms with Gasteiger partial charge in [0.15, 0.2) is 0 Å². The van der Waals surface area contributed by atoms with Crippen molar-refractivity contribution in [3.8, 4) is 0 Å². The summed E-state index contributed by atoms with van der Waals surface area (Å²) >= 11 is 5.88. The molecule has 0 bridgehead atoms. The SMILES string of the molecule is Cc1cc(Cl)cc(C(=O)NC(CC(C)C)C(=O)O)c1. The minimum atomic E-state index is -1.03. The summed E-state index contributed by atoms with van der Waals surface area (Å²) in [4.78, 5) is 23.1. The van der Waals surface area contributed by atoms with Crippen LogP contribution in [-0.2, 0) is 4.79 Å². The molecule has 0 aromatic heterocycles. The lowest BCUT2D eigenvalue weighted by Gasteiger charge is -2.16. The van der Waals surface area contributed by atoms with Crippen LogP contribution in [0.4, 0.5) is 0 Å². The molecule has 1 atom stereocenters. The second kappa shape index (κ2) is 6.57. The number of benzene rings is 1. The Labute approximate surface area is 117 Å². The fourth-order valence-corrected chi connectivity index (χ4v) is 2.09. The van der Waals surface area contributed by atoms with Crippen molar-refractivity contribution in [1.82, 2.24) is 5.32 Å². The van der Waals surface area contributed by atoms with Crippen LogP contribution in [0.1, 0.15) is 36.2 Å². The van der Waals surface area contributed by atoms with E-state index in [1.54, 1.807) is 12.1 Å². The second-order valence-corrected chi connectivity index (χ2v) is 5.45. The summed E-state index contributed by atoms with van der Waals surface area (Å²) in [5, 5.41) is 12.1. The van der Waals surface area contributed by atoms with Crippen molar-refractivity contribution in [2.45, 2.75) is 33.2 Å². The van der Waals surface area contributed by atoms with Crippen LogP contribution in [0, 0.1) is 12.8 Å². The molecule has 0 saturated carbocycles. The molecular formula is C14H18ClNO3.